The van der Waals surface area contributed by atoms with Crippen molar-refractivity contribution < 1.29 is 4.52 Å². The minimum absolute atomic E-state index is 0.166. The molecule has 1 N–H and O–H groups in total. The van der Waals surface area contributed by atoms with Crippen LogP contribution in [0.4, 0.5) is 0 Å². The van der Waals surface area contributed by atoms with Gasteiger partial charge in [-0.3, -0.25) is 0 Å². The summed E-state index contributed by atoms with van der Waals surface area (Å²) in [5.74, 6) is 0.607. The van der Waals surface area contributed by atoms with Crippen molar-refractivity contribution in [1.82, 2.24) is 5.32 Å². The van der Waals surface area contributed by atoms with Gasteiger partial charge in [-0.05, 0) is 44.9 Å². The van der Waals surface area contributed by atoms with E-state index in [0.29, 0.717) is 11.3 Å². The maximum Gasteiger partial charge on any atom is 0.106 e. The van der Waals surface area contributed by atoms with Crippen LogP contribution in [-0.4, -0.2) is 23.5 Å². The molecule has 3 heteroatoms. The van der Waals surface area contributed by atoms with Crippen LogP contribution in [0.5, 0.6) is 0 Å². The highest BCUT2D eigenvalue weighted by molar-refractivity contribution is 7.54. The highest BCUT2D eigenvalue weighted by Crippen LogP contribution is 2.59. The lowest BCUT2D eigenvalue weighted by molar-refractivity contribution is 0.154. The zero-order valence-electron chi connectivity index (χ0n) is 17.9. The maximum atomic E-state index is 7.10. The van der Waals surface area contributed by atoms with Crippen molar-refractivity contribution in [2.24, 2.45) is 11.3 Å². The summed E-state index contributed by atoms with van der Waals surface area (Å²) in [4.78, 5) is 0. The zero-order valence-corrected chi connectivity index (χ0v) is 18.8. The van der Waals surface area contributed by atoms with Crippen LogP contribution in [-0.2, 0) is 4.52 Å². The molecule has 0 radical (unpaired) electrons. The third kappa shape index (κ3) is 5.05. The van der Waals surface area contributed by atoms with Gasteiger partial charge in [0.1, 0.15) is 5.60 Å². The van der Waals surface area contributed by atoms with Crippen molar-refractivity contribution in [2.45, 2.75) is 116 Å². The minimum Gasteiger partial charge on any atom is -0.386 e. The molecule has 1 atom stereocenters. The monoisotopic (exact) mass is 379 g/mol. The van der Waals surface area contributed by atoms with E-state index in [0.717, 1.165) is 17.9 Å². The fourth-order valence-corrected chi connectivity index (χ4v) is 8.21. The van der Waals surface area contributed by atoms with E-state index in [1.54, 1.807) is 0 Å². The zero-order chi connectivity index (χ0) is 18.8. The SMILES string of the molecule is CC(C)(OP(C1CCCCC1)C1CCCCC1)C1=C[C@@H](C(C)(C)C)CN1. The van der Waals surface area contributed by atoms with Gasteiger partial charge in [-0.15, -0.1) is 0 Å². The van der Waals surface area contributed by atoms with Crippen LogP contribution < -0.4 is 5.32 Å². The highest BCUT2D eigenvalue weighted by Gasteiger charge is 2.40. The molecule has 150 valence electrons. The van der Waals surface area contributed by atoms with E-state index < -0.39 is 0 Å². The van der Waals surface area contributed by atoms with E-state index >= 15 is 0 Å². The number of nitrogens with one attached hydrogen (secondary N) is 1. The van der Waals surface area contributed by atoms with Gasteiger partial charge in [0, 0.05) is 37.6 Å². The van der Waals surface area contributed by atoms with Crippen LogP contribution in [0.1, 0.15) is 98.8 Å². The summed E-state index contributed by atoms with van der Waals surface area (Å²) in [6.07, 6.45) is 16.7. The molecule has 0 aromatic rings. The Kier molecular flexibility index (Phi) is 6.77. The molecule has 0 spiro atoms. The molecule has 26 heavy (non-hydrogen) atoms. The molecular weight excluding hydrogens is 337 g/mol. The molecule has 2 aliphatic carbocycles. The third-order valence-corrected chi connectivity index (χ3v) is 9.98. The van der Waals surface area contributed by atoms with E-state index in [1.165, 1.54) is 69.9 Å². The van der Waals surface area contributed by atoms with Crippen molar-refractivity contribution >= 4 is 8.15 Å². The van der Waals surface area contributed by atoms with Crippen molar-refractivity contribution in [1.29, 1.82) is 0 Å². The highest BCUT2D eigenvalue weighted by atomic mass is 31.1. The Balaban J connectivity index is 1.74. The topological polar surface area (TPSA) is 21.3 Å². The molecule has 2 saturated carbocycles. The predicted octanol–water partition coefficient (Wildman–Crippen LogP) is 6.99. The molecular formula is C23H42NOP. The largest absolute Gasteiger partial charge is 0.386 e. The predicted molar refractivity (Wildman–Crippen MR) is 115 cm³/mol. The Bertz CT molecular complexity index is 463. The molecule has 0 aromatic carbocycles. The molecule has 0 aromatic heterocycles. The normalized spacial score (nSPS) is 26.8. The molecule has 0 bridgehead atoms. The molecule has 2 fully saturated rings. The molecule has 0 unspecified atom stereocenters. The van der Waals surface area contributed by atoms with Crippen molar-refractivity contribution in [3.05, 3.63) is 11.8 Å². The van der Waals surface area contributed by atoms with Crippen LogP contribution in [0.15, 0.2) is 11.8 Å². The maximum absolute atomic E-state index is 7.10. The summed E-state index contributed by atoms with van der Waals surface area (Å²) in [6.45, 7) is 12.8. The lowest BCUT2D eigenvalue weighted by Gasteiger charge is -2.42. The van der Waals surface area contributed by atoms with Crippen molar-refractivity contribution in [3.8, 4) is 0 Å². The first-order valence-electron chi connectivity index (χ1n) is 11.2. The standard InChI is InChI=1S/C23H42NOP/c1-22(2,3)18-16-21(24-17-18)23(4,5)25-26(19-12-8-6-9-13-19)20-14-10-7-11-15-20/h16,18-20,24H,6-15,17H2,1-5H3/t18-/m1/s1. The van der Waals surface area contributed by atoms with E-state index in [4.69, 9.17) is 4.52 Å². The number of rotatable bonds is 5. The Morgan fingerprint density at radius 3 is 1.77 bits per heavy atom. The van der Waals surface area contributed by atoms with Gasteiger partial charge >= 0.3 is 0 Å². The Labute approximate surface area is 163 Å². The summed E-state index contributed by atoms with van der Waals surface area (Å²) in [5.41, 5.74) is 3.20. The Morgan fingerprint density at radius 1 is 0.846 bits per heavy atom. The second kappa shape index (κ2) is 8.52. The summed E-state index contributed by atoms with van der Waals surface area (Å²) < 4.78 is 7.10. The van der Waals surface area contributed by atoms with E-state index in [2.05, 4.69) is 46.0 Å². The van der Waals surface area contributed by atoms with Crippen molar-refractivity contribution in [2.75, 3.05) is 6.54 Å². The van der Waals surface area contributed by atoms with Gasteiger partial charge in [0.05, 0.1) is 0 Å². The molecule has 3 aliphatic rings. The Morgan fingerprint density at radius 2 is 1.35 bits per heavy atom. The molecule has 2 nitrogen and oxygen atoms in total. The number of hydrogen-bond acceptors (Lipinski definition) is 2. The van der Waals surface area contributed by atoms with E-state index in [-0.39, 0.29) is 13.7 Å². The van der Waals surface area contributed by atoms with Gasteiger partial charge in [0.15, 0.2) is 0 Å². The molecule has 0 saturated heterocycles. The second-order valence-corrected chi connectivity index (χ2v) is 12.8. The fourth-order valence-electron chi connectivity index (χ4n) is 4.94. The molecule has 1 heterocycles. The summed E-state index contributed by atoms with van der Waals surface area (Å²) in [6, 6.07) is 0. The lowest BCUT2D eigenvalue weighted by Crippen LogP contribution is -2.35. The van der Waals surface area contributed by atoms with Gasteiger partial charge in [-0.1, -0.05) is 65.4 Å². The molecule has 1 aliphatic heterocycles. The number of hydrogen-bond donors (Lipinski definition) is 1. The van der Waals surface area contributed by atoms with Gasteiger partial charge < -0.3 is 9.84 Å². The average Bonchev–Trinajstić information content (AvgIpc) is 3.13. The summed E-state index contributed by atoms with van der Waals surface area (Å²) in [5, 5.41) is 3.71. The molecule has 0 amide bonds. The summed E-state index contributed by atoms with van der Waals surface area (Å²) in [7, 11) is -0.324. The first-order chi connectivity index (χ1) is 12.3. The smallest absolute Gasteiger partial charge is 0.106 e. The Hall–Kier alpha value is -0.0700. The first kappa shape index (κ1) is 20.7. The first-order valence-corrected chi connectivity index (χ1v) is 12.6. The van der Waals surface area contributed by atoms with Gasteiger partial charge in [-0.25, -0.2) is 0 Å². The fraction of sp³-hybridized carbons (Fsp3) is 0.913. The van der Waals surface area contributed by atoms with Crippen LogP contribution in [0.3, 0.4) is 0 Å². The van der Waals surface area contributed by atoms with Crippen molar-refractivity contribution in [3.63, 3.8) is 0 Å². The average molecular weight is 380 g/mol. The van der Waals surface area contributed by atoms with Crippen LogP contribution in [0.25, 0.3) is 0 Å². The van der Waals surface area contributed by atoms with Gasteiger partial charge in [-0.2, -0.15) is 0 Å². The minimum atomic E-state index is -0.324. The second-order valence-electron chi connectivity index (χ2n) is 10.5. The van der Waals surface area contributed by atoms with Crippen LogP contribution >= 0.6 is 8.15 Å². The van der Waals surface area contributed by atoms with E-state index in [9.17, 15) is 0 Å². The van der Waals surface area contributed by atoms with Gasteiger partial charge in [0.25, 0.3) is 0 Å². The quantitative estimate of drug-likeness (QED) is 0.520. The van der Waals surface area contributed by atoms with E-state index in [1.807, 2.05) is 0 Å². The van der Waals surface area contributed by atoms with Crippen LogP contribution in [0, 0.1) is 11.3 Å². The van der Waals surface area contributed by atoms with Crippen LogP contribution in [0.2, 0.25) is 0 Å². The summed E-state index contributed by atoms with van der Waals surface area (Å²) >= 11 is 0. The third-order valence-electron chi connectivity index (χ3n) is 6.84. The molecule has 3 rings (SSSR count). The lowest BCUT2D eigenvalue weighted by atomic mass is 9.81. The van der Waals surface area contributed by atoms with Gasteiger partial charge in [0.2, 0.25) is 0 Å².